The molecule has 0 radical (unpaired) electrons. The first-order valence-electron chi connectivity index (χ1n) is 9.11. The van der Waals surface area contributed by atoms with Gasteiger partial charge in [0.1, 0.15) is 0 Å². The van der Waals surface area contributed by atoms with Crippen molar-refractivity contribution in [1.29, 1.82) is 0 Å². The van der Waals surface area contributed by atoms with E-state index in [0.29, 0.717) is 18.3 Å². The zero-order valence-electron chi connectivity index (χ0n) is 15.0. The fraction of sp³-hybridized carbons (Fsp3) is 0.667. The minimum absolute atomic E-state index is 0.0623. The van der Waals surface area contributed by atoms with E-state index in [4.69, 9.17) is 0 Å². The molecule has 23 heavy (non-hydrogen) atoms. The van der Waals surface area contributed by atoms with Gasteiger partial charge in [-0.05, 0) is 65.0 Å². The molecule has 1 unspecified atom stereocenters. The summed E-state index contributed by atoms with van der Waals surface area (Å²) in [6.07, 6.45) is 5.94. The van der Waals surface area contributed by atoms with Crippen LogP contribution in [0.5, 0.6) is 0 Å². The molecule has 0 aliphatic heterocycles. The number of rotatable bonds is 3. The number of hydrogen-bond donors (Lipinski definition) is 1. The Hall–Kier alpha value is -1.31. The summed E-state index contributed by atoms with van der Waals surface area (Å²) >= 11 is 0. The van der Waals surface area contributed by atoms with E-state index in [1.54, 1.807) is 0 Å². The molecule has 0 amide bonds. The van der Waals surface area contributed by atoms with Crippen LogP contribution in [0.25, 0.3) is 0 Å². The van der Waals surface area contributed by atoms with Crippen molar-refractivity contribution in [1.82, 2.24) is 0 Å². The molecular weight excluding hydrogens is 284 g/mol. The average Bonchev–Trinajstić information content (AvgIpc) is 2.45. The molecule has 126 valence electrons. The maximum absolute atomic E-state index is 11.4. The standard InChI is InChI=1S/C21H30O2/c1-14(2)15-6-8-17-16(12-15)7-9-18-20(3,13-19(22)23)10-5-11-21(17,18)4/h6,8,12,14,18H,5,7,9-11,13H2,1-4H3,(H,22,23)/t18?,20-,21+/m0/s1. The van der Waals surface area contributed by atoms with Crippen LogP contribution in [0.3, 0.4) is 0 Å². The van der Waals surface area contributed by atoms with Crippen molar-refractivity contribution in [3.8, 4) is 0 Å². The lowest BCUT2D eigenvalue weighted by Crippen LogP contribution is -2.49. The van der Waals surface area contributed by atoms with Crippen LogP contribution in [-0.2, 0) is 16.6 Å². The van der Waals surface area contributed by atoms with E-state index in [1.807, 2.05) is 0 Å². The molecule has 0 spiro atoms. The predicted octanol–water partition coefficient (Wildman–Crippen LogP) is 5.30. The van der Waals surface area contributed by atoms with Gasteiger partial charge in [-0.1, -0.05) is 52.3 Å². The largest absolute Gasteiger partial charge is 0.481 e. The summed E-state index contributed by atoms with van der Waals surface area (Å²) in [5.74, 6) is 0.407. The molecule has 3 atom stereocenters. The Balaban J connectivity index is 2.02. The zero-order valence-corrected chi connectivity index (χ0v) is 15.0. The van der Waals surface area contributed by atoms with E-state index < -0.39 is 5.97 Å². The van der Waals surface area contributed by atoms with Gasteiger partial charge < -0.3 is 5.11 Å². The van der Waals surface area contributed by atoms with Gasteiger partial charge in [0, 0.05) is 0 Å². The molecule has 1 N–H and O–H groups in total. The fourth-order valence-electron chi connectivity index (χ4n) is 5.56. The highest BCUT2D eigenvalue weighted by Crippen LogP contribution is 2.58. The lowest BCUT2D eigenvalue weighted by molar-refractivity contribution is -0.142. The van der Waals surface area contributed by atoms with Crippen molar-refractivity contribution < 1.29 is 9.90 Å². The van der Waals surface area contributed by atoms with E-state index in [0.717, 1.165) is 25.7 Å². The Morgan fingerprint density at radius 2 is 2.04 bits per heavy atom. The Morgan fingerprint density at radius 3 is 2.70 bits per heavy atom. The van der Waals surface area contributed by atoms with Crippen molar-refractivity contribution in [2.24, 2.45) is 11.3 Å². The molecule has 2 heteroatoms. The van der Waals surface area contributed by atoms with Gasteiger partial charge in [-0.3, -0.25) is 4.79 Å². The smallest absolute Gasteiger partial charge is 0.303 e. The Morgan fingerprint density at radius 1 is 1.30 bits per heavy atom. The van der Waals surface area contributed by atoms with Crippen LogP contribution in [0, 0.1) is 11.3 Å². The molecule has 2 aliphatic rings. The number of carboxylic acid groups (broad SMARTS) is 1. The highest BCUT2D eigenvalue weighted by Gasteiger charge is 2.52. The maximum atomic E-state index is 11.4. The first-order chi connectivity index (χ1) is 10.8. The van der Waals surface area contributed by atoms with Gasteiger partial charge >= 0.3 is 5.97 Å². The second kappa shape index (κ2) is 5.65. The quantitative estimate of drug-likeness (QED) is 0.822. The molecule has 1 aromatic rings. The van der Waals surface area contributed by atoms with E-state index in [2.05, 4.69) is 45.9 Å². The molecule has 0 heterocycles. The van der Waals surface area contributed by atoms with Gasteiger partial charge in [-0.25, -0.2) is 0 Å². The highest BCUT2D eigenvalue weighted by molar-refractivity contribution is 5.68. The van der Waals surface area contributed by atoms with Gasteiger partial charge in [0.15, 0.2) is 0 Å². The van der Waals surface area contributed by atoms with E-state index in [1.165, 1.54) is 23.1 Å². The van der Waals surface area contributed by atoms with Crippen LogP contribution in [-0.4, -0.2) is 11.1 Å². The SMILES string of the molecule is CC(C)c1ccc2c(c1)CCC1[C@](C)(CC(=O)O)CCC[C@]21C. The third-order valence-electron chi connectivity index (χ3n) is 6.72. The van der Waals surface area contributed by atoms with Crippen LogP contribution >= 0.6 is 0 Å². The van der Waals surface area contributed by atoms with Crippen molar-refractivity contribution in [2.45, 2.75) is 77.6 Å². The lowest BCUT2D eigenvalue weighted by atomic mass is 9.49. The number of aryl methyl sites for hydroxylation is 1. The van der Waals surface area contributed by atoms with Gasteiger partial charge in [0.05, 0.1) is 6.42 Å². The summed E-state index contributed by atoms with van der Waals surface area (Å²) in [4.78, 5) is 11.4. The molecule has 1 saturated carbocycles. The van der Waals surface area contributed by atoms with Gasteiger partial charge in [0.25, 0.3) is 0 Å². The number of carboxylic acids is 1. The number of carbonyl (C=O) groups is 1. The molecule has 3 rings (SSSR count). The summed E-state index contributed by atoms with van der Waals surface area (Å²) in [6, 6.07) is 7.05. The molecule has 2 nitrogen and oxygen atoms in total. The molecule has 1 fully saturated rings. The number of hydrogen-bond acceptors (Lipinski definition) is 1. The van der Waals surface area contributed by atoms with Gasteiger partial charge in [0.2, 0.25) is 0 Å². The maximum Gasteiger partial charge on any atom is 0.303 e. The Kier molecular flexibility index (Phi) is 4.06. The number of fused-ring (bicyclic) bond motifs is 3. The van der Waals surface area contributed by atoms with Gasteiger partial charge in [-0.2, -0.15) is 0 Å². The second-order valence-corrected chi connectivity index (χ2v) is 8.66. The number of aliphatic carboxylic acids is 1. The summed E-state index contributed by atoms with van der Waals surface area (Å²) in [6.45, 7) is 9.11. The Bertz CT molecular complexity index is 618. The Labute approximate surface area is 140 Å². The minimum atomic E-state index is -0.641. The van der Waals surface area contributed by atoms with E-state index in [9.17, 15) is 9.90 Å². The van der Waals surface area contributed by atoms with Crippen LogP contribution in [0.4, 0.5) is 0 Å². The first kappa shape index (κ1) is 16.5. The lowest BCUT2D eigenvalue weighted by Gasteiger charge is -2.55. The molecule has 0 bridgehead atoms. The van der Waals surface area contributed by atoms with Crippen LogP contribution < -0.4 is 0 Å². The molecule has 0 saturated heterocycles. The van der Waals surface area contributed by atoms with Crippen molar-refractivity contribution in [3.05, 3.63) is 34.9 Å². The topological polar surface area (TPSA) is 37.3 Å². The summed E-state index contributed by atoms with van der Waals surface area (Å²) < 4.78 is 0. The van der Waals surface area contributed by atoms with Crippen molar-refractivity contribution in [2.75, 3.05) is 0 Å². The molecular formula is C21H30O2. The molecule has 1 aromatic carbocycles. The van der Waals surface area contributed by atoms with Crippen molar-refractivity contribution >= 4 is 5.97 Å². The predicted molar refractivity (Wildman–Crippen MR) is 93.9 cm³/mol. The second-order valence-electron chi connectivity index (χ2n) is 8.66. The van der Waals surface area contributed by atoms with Crippen molar-refractivity contribution in [3.63, 3.8) is 0 Å². The normalized spacial score (nSPS) is 33.2. The molecule has 2 aliphatic carbocycles. The molecule has 0 aromatic heterocycles. The monoisotopic (exact) mass is 314 g/mol. The third kappa shape index (κ3) is 2.70. The summed E-state index contributed by atoms with van der Waals surface area (Å²) in [5.41, 5.74) is 4.51. The highest BCUT2D eigenvalue weighted by atomic mass is 16.4. The van der Waals surface area contributed by atoms with Gasteiger partial charge in [-0.15, -0.1) is 0 Å². The minimum Gasteiger partial charge on any atom is -0.481 e. The summed E-state index contributed by atoms with van der Waals surface area (Å²) in [5, 5.41) is 9.40. The van der Waals surface area contributed by atoms with Crippen LogP contribution in [0.2, 0.25) is 0 Å². The van der Waals surface area contributed by atoms with Crippen LogP contribution in [0.15, 0.2) is 18.2 Å². The first-order valence-corrected chi connectivity index (χ1v) is 9.11. The average molecular weight is 314 g/mol. The zero-order chi connectivity index (χ0) is 16.8. The van der Waals surface area contributed by atoms with E-state index >= 15 is 0 Å². The fourth-order valence-corrected chi connectivity index (χ4v) is 5.56. The summed E-state index contributed by atoms with van der Waals surface area (Å²) in [7, 11) is 0. The third-order valence-corrected chi connectivity index (χ3v) is 6.72. The van der Waals surface area contributed by atoms with Crippen LogP contribution in [0.1, 0.15) is 82.4 Å². The van der Waals surface area contributed by atoms with E-state index in [-0.39, 0.29) is 10.8 Å². The number of benzene rings is 1.